The monoisotopic (exact) mass is 363 g/mol. The minimum atomic E-state index is -0.0416. The van der Waals surface area contributed by atoms with E-state index in [1.807, 2.05) is 21.9 Å². The van der Waals surface area contributed by atoms with Gasteiger partial charge in [-0.15, -0.1) is 0 Å². The van der Waals surface area contributed by atoms with Gasteiger partial charge in [-0.2, -0.15) is 0 Å². The third-order valence-corrected chi connectivity index (χ3v) is 5.63. The van der Waals surface area contributed by atoms with Crippen molar-refractivity contribution in [3.63, 3.8) is 0 Å². The molecule has 2 aliphatic heterocycles. The molecule has 3 rings (SSSR count). The summed E-state index contributed by atoms with van der Waals surface area (Å²) in [6.07, 6.45) is 5.95. The molecular weight excluding hydrogens is 334 g/mol. The second-order valence-electron chi connectivity index (χ2n) is 7.39. The van der Waals surface area contributed by atoms with Crippen LogP contribution in [0.4, 0.5) is 4.79 Å². The third kappa shape index (κ3) is 4.58. The summed E-state index contributed by atoms with van der Waals surface area (Å²) in [6.45, 7) is 4.16. The van der Waals surface area contributed by atoms with Crippen LogP contribution in [0.5, 0.6) is 0 Å². The molecule has 1 N–H and O–H groups in total. The first kappa shape index (κ1) is 18.8. The Morgan fingerprint density at radius 1 is 1.35 bits per heavy atom. The van der Waals surface area contributed by atoms with Crippen LogP contribution in [0, 0.1) is 5.41 Å². The molecule has 1 aromatic heterocycles. The number of methoxy groups -OCH3 is 1. The van der Waals surface area contributed by atoms with Crippen molar-refractivity contribution in [1.29, 1.82) is 0 Å². The number of ether oxygens (including phenoxy) is 1. The van der Waals surface area contributed by atoms with Gasteiger partial charge < -0.3 is 24.3 Å². The Morgan fingerprint density at radius 2 is 2.15 bits per heavy atom. The average Bonchev–Trinajstić information content (AvgIpc) is 3.17. The molecule has 0 aliphatic carbocycles. The van der Waals surface area contributed by atoms with Crippen LogP contribution in [0.3, 0.4) is 0 Å². The van der Waals surface area contributed by atoms with Crippen LogP contribution >= 0.6 is 0 Å². The predicted octanol–water partition coefficient (Wildman–Crippen LogP) is 2.23. The largest absolute Gasteiger partial charge is 0.467 e. The van der Waals surface area contributed by atoms with Gasteiger partial charge in [0.25, 0.3) is 0 Å². The predicted molar refractivity (Wildman–Crippen MR) is 96.5 cm³/mol. The van der Waals surface area contributed by atoms with E-state index in [9.17, 15) is 9.59 Å². The number of rotatable bonds is 6. The number of nitrogens with one attached hydrogen (secondary N) is 1. The van der Waals surface area contributed by atoms with Gasteiger partial charge >= 0.3 is 6.03 Å². The number of carbonyl (C=O) groups is 2. The lowest BCUT2D eigenvalue weighted by atomic mass is 9.72. The Bertz CT molecular complexity index is 594. The Balaban J connectivity index is 1.47. The molecule has 3 amide bonds. The Hall–Kier alpha value is -2.02. The molecule has 3 heterocycles. The maximum absolute atomic E-state index is 12.4. The first-order valence-electron chi connectivity index (χ1n) is 9.44. The Morgan fingerprint density at radius 3 is 2.85 bits per heavy atom. The van der Waals surface area contributed by atoms with Crippen LogP contribution in [0.2, 0.25) is 0 Å². The van der Waals surface area contributed by atoms with Crippen molar-refractivity contribution >= 4 is 11.9 Å². The van der Waals surface area contributed by atoms with E-state index in [0.29, 0.717) is 19.6 Å². The number of hydrogen-bond acceptors (Lipinski definition) is 4. The highest BCUT2D eigenvalue weighted by atomic mass is 16.5. The maximum Gasteiger partial charge on any atom is 0.317 e. The summed E-state index contributed by atoms with van der Waals surface area (Å²) in [5, 5.41) is 2.91. The minimum absolute atomic E-state index is 0.0416. The number of nitrogens with zero attached hydrogens (tertiary/aromatic N) is 2. The van der Waals surface area contributed by atoms with Gasteiger partial charge in [-0.25, -0.2) is 4.79 Å². The quantitative estimate of drug-likeness (QED) is 0.787. The molecule has 0 saturated carbocycles. The molecule has 0 unspecified atom stereocenters. The van der Waals surface area contributed by atoms with E-state index in [-0.39, 0.29) is 17.4 Å². The number of carbonyl (C=O) groups excluding carboxylic acids is 2. The second-order valence-corrected chi connectivity index (χ2v) is 7.39. The van der Waals surface area contributed by atoms with Gasteiger partial charge in [0.15, 0.2) is 0 Å². The zero-order valence-electron chi connectivity index (χ0n) is 15.5. The van der Waals surface area contributed by atoms with E-state index in [2.05, 4.69) is 5.32 Å². The van der Waals surface area contributed by atoms with Crippen LogP contribution in [-0.4, -0.2) is 61.6 Å². The number of amides is 3. The summed E-state index contributed by atoms with van der Waals surface area (Å²) in [5.74, 6) is 1.01. The summed E-state index contributed by atoms with van der Waals surface area (Å²) in [4.78, 5) is 28.4. The lowest BCUT2D eigenvalue weighted by Crippen LogP contribution is -2.53. The molecule has 0 bridgehead atoms. The number of piperidine rings is 2. The third-order valence-electron chi connectivity index (χ3n) is 5.63. The van der Waals surface area contributed by atoms with Crippen molar-refractivity contribution in [2.24, 2.45) is 5.41 Å². The summed E-state index contributed by atoms with van der Waals surface area (Å²) < 4.78 is 10.3. The number of furan rings is 1. The van der Waals surface area contributed by atoms with Crippen LogP contribution < -0.4 is 5.32 Å². The molecule has 1 spiro atoms. The Labute approximate surface area is 154 Å². The van der Waals surface area contributed by atoms with Crippen molar-refractivity contribution in [3.05, 3.63) is 24.2 Å². The molecule has 0 aromatic carbocycles. The lowest BCUT2D eigenvalue weighted by Gasteiger charge is -2.47. The molecule has 7 heteroatoms. The molecule has 2 aliphatic rings. The molecule has 0 radical (unpaired) electrons. The van der Waals surface area contributed by atoms with Gasteiger partial charge in [0.1, 0.15) is 5.76 Å². The van der Waals surface area contributed by atoms with E-state index in [0.717, 1.165) is 57.6 Å². The van der Waals surface area contributed by atoms with E-state index >= 15 is 0 Å². The highest BCUT2D eigenvalue weighted by Crippen LogP contribution is 2.40. The van der Waals surface area contributed by atoms with Crippen LogP contribution in [-0.2, 0) is 16.1 Å². The van der Waals surface area contributed by atoms with Crippen molar-refractivity contribution in [1.82, 2.24) is 15.1 Å². The minimum Gasteiger partial charge on any atom is -0.467 e. The van der Waals surface area contributed by atoms with Crippen molar-refractivity contribution in [2.75, 3.05) is 39.9 Å². The molecule has 7 nitrogen and oxygen atoms in total. The van der Waals surface area contributed by atoms with Gasteiger partial charge in [0, 0.05) is 46.3 Å². The summed E-state index contributed by atoms with van der Waals surface area (Å²) in [7, 11) is 1.69. The molecule has 2 saturated heterocycles. The molecule has 144 valence electrons. The fourth-order valence-electron chi connectivity index (χ4n) is 3.99. The zero-order chi connectivity index (χ0) is 18.4. The normalized spacial score (nSPS) is 19.8. The van der Waals surface area contributed by atoms with Gasteiger partial charge in [0.05, 0.1) is 12.8 Å². The first-order chi connectivity index (χ1) is 12.6. The SMILES string of the molecule is COCCCN1CC2(CCC1=O)CCN(C(=O)NCc1ccco1)CC2. The maximum atomic E-state index is 12.4. The smallest absolute Gasteiger partial charge is 0.317 e. The molecule has 1 aromatic rings. The number of hydrogen-bond donors (Lipinski definition) is 1. The van der Waals surface area contributed by atoms with E-state index in [4.69, 9.17) is 9.15 Å². The molecule has 2 fully saturated rings. The zero-order valence-corrected chi connectivity index (χ0v) is 15.5. The highest BCUT2D eigenvalue weighted by molar-refractivity contribution is 5.77. The highest BCUT2D eigenvalue weighted by Gasteiger charge is 2.41. The summed E-state index contributed by atoms with van der Waals surface area (Å²) >= 11 is 0. The van der Waals surface area contributed by atoms with Gasteiger partial charge in [0.2, 0.25) is 5.91 Å². The van der Waals surface area contributed by atoms with E-state index in [1.54, 1.807) is 13.4 Å². The molecule has 0 atom stereocenters. The van der Waals surface area contributed by atoms with Crippen LogP contribution in [0.15, 0.2) is 22.8 Å². The van der Waals surface area contributed by atoms with E-state index < -0.39 is 0 Å². The van der Waals surface area contributed by atoms with Crippen molar-refractivity contribution in [2.45, 2.75) is 38.6 Å². The fraction of sp³-hybridized carbons (Fsp3) is 0.684. The summed E-state index contributed by atoms with van der Waals surface area (Å²) in [6, 6.07) is 3.62. The second kappa shape index (κ2) is 8.58. The topological polar surface area (TPSA) is 75.0 Å². The molecule has 26 heavy (non-hydrogen) atoms. The molecular formula is C19H29N3O4. The van der Waals surface area contributed by atoms with Crippen LogP contribution in [0.1, 0.15) is 37.9 Å². The van der Waals surface area contributed by atoms with Crippen molar-refractivity contribution in [3.8, 4) is 0 Å². The van der Waals surface area contributed by atoms with Crippen LogP contribution in [0.25, 0.3) is 0 Å². The summed E-state index contributed by atoms with van der Waals surface area (Å²) in [5.41, 5.74) is 0.165. The van der Waals surface area contributed by atoms with Crippen molar-refractivity contribution < 1.29 is 18.7 Å². The number of urea groups is 1. The lowest BCUT2D eigenvalue weighted by molar-refractivity contribution is -0.139. The number of likely N-dealkylation sites (tertiary alicyclic amines) is 2. The van der Waals surface area contributed by atoms with Gasteiger partial charge in [-0.3, -0.25) is 4.79 Å². The van der Waals surface area contributed by atoms with Gasteiger partial charge in [-0.05, 0) is 43.2 Å². The van der Waals surface area contributed by atoms with E-state index in [1.165, 1.54) is 0 Å². The average molecular weight is 363 g/mol. The fourth-order valence-corrected chi connectivity index (χ4v) is 3.99. The standard InChI is InChI=1S/C19H29N3O4/c1-25-12-3-9-22-15-19(6-5-17(22)23)7-10-21(11-8-19)18(24)20-14-16-4-2-13-26-16/h2,4,13H,3,5-12,14-15H2,1H3,(H,20,24). The van der Waals surface area contributed by atoms with Gasteiger partial charge in [-0.1, -0.05) is 0 Å². The first-order valence-corrected chi connectivity index (χ1v) is 9.44. The Kier molecular flexibility index (Phi) is 6.19.